The predicted octanol–water partition coefficient (Wildman–Crippen LogP) is 4.28. The molecule has 3 aliphatic heterocycles. The van der Waals surface area contributed by atoms with Gasteiger partial charge in [-0.15, -0.1) is 0 Å². The Kier molecular flexibility index (Phi) is 7.76. The minimum atomic E-state index is -4.54. The van der Waals surface area contributed by atoms with Crippen LogP contribution >= 0.6 is 0 Å². The van der Waals surface area contributed by atoms with Crippen LogP contribution in [0.3, 0.4) is 0 Å². The van der Waals surface area contributed by atoms with Crippen molar-refractivity contribution >= 4 is 17.5 Å². The van der Waals surface area contributed by atoms with Gasteiger partial charge in [-0.3, -0.25) is 9.69 Å². The van der Waals surface area contributed by atoms with Gasteiger partial charge < -0.3 is 20.3 Å². The molecule has 1 amide bonds. The zero-order valence-corrected chi connectivity index (χ0v) is 24.9. The Labute approximate surface area is 250 Å². The number of rotatable bonds is 7. The van der Waals surface area contributed by atoms with Gasteiger partial charge in [-0.25, -0.2) is 4.98 Å². The number of likely N-dealkylation sites (tertiary alicyclic amines) is 1. The Morgan fingerprint density at radius 1 is 1.21 bits per heavy atom. The van der Waals surface area contributed by atoms with Crippen LogP contribution in [0, 0.1) is 6.92 Å². The molecule has 232 valence electrons. The predicted molar refractivity (Wildman–Crippen MR) is 157 cm³/mol. The van der Waals surface area contributed by atoms with E-state index in [4.69, 9.17) is 20.4 Å². The van der Waals surface area contributed by atoms with Gasteiger partial charge >= 0.3 is 12.2 Å². The Bertz CT molecular complexity index is 1400. The third kappa shape index (κ3) is 5.54. The van der Waals surface area contributed by atoms with E-state index < -0.39 is 17.7 Å². The lowest BCUT2D eigenvalue weighted by Gasteiger charge is -2.33. The van der Waals surface area contributed by atoms with Crippen molar-refractivity contribution in [1.82, 2.24) is 24.8 Å². The van der Waals surface area contributed by atoms with E-state index in [9.17, 15) is 18.0 Å². The molecule has 9 nitrogen and oxygen atoms in total. The number of fused-ring (bicyclic) bond motifs is 2. The van der Waals surface area contributed by atoms with Gasteiger partial charge in [-0.2, -0.15) is 23.1 Å². The summed E-state index contributed by atoms with van der Waals surface area (Å²) in [6.07, 6.45) is 3.20. The molecule has 0 spiro atoms. The average Bonchev–Trinajstić information content (AvgIpc) is 3.70. The summed E-state index contributed by atoms with van der Waals surface area (Å²) in [5.41, 5.74) is 6.88. The molecule has 3 fully saturated rings. The molecule has 4 aliphatic rings. The van der Waals surface area contributed by atoms with E-state index >= 15 is 0 Å². The number of nitrogens with two attached hydrogens (primary N) is 1. The quantitative estimate of drug-likeness (QED) is 0.471. The van der Waals surface area contributed by atoms with Crippen LogP contribution in [0.15, 0.2) is 18.7 Å². The van der Waals surface area contributed by atoms with Crippen molar-refractivity contribution in [3.8, 4) is 6.01 Å². The second-order valence-electron chi connectivity index (χ2n) is 12.6. The number of anilines is 2. The van der Waals surface area contributed by atoms with Crippen molar-refractivity contribution in [2.24, 2.45) is 0 Å². The number of hydrogen-bond acceptors (Lipinski definition) is 8. The summed E-state index contributed by atoms with van der Waals surface area (Å²) in [4.78, 5) is 32.6. The number of nitrogens with zero attached hydrogens (tertiary/aromatic N) is 6. The Morgan fingerprint density at radius 2 is 1.95 bits per heavy atom. The molecule has 0 radical (unpaired) electrons. The summed E-state index contributed by atoms with van der Waals surface area (Å²) in [7, 11) is 1.96. The molecular formula is C31H40F3N7O2. The SMILES string of the molecule is C=CC(=O)N1CCC(N(C)c2nc(OCC34CCCN3CCC4)nc3c2CCC(c2nc(N)cc(C)c2C(F)(F)F)C3)C1. The fraction of sp³-hybridized carbons (Fsp3) is 0.613. The van der Waals surface area contributed by atoms with Gasteiger partial charge in [0.2, 0.25) is 5.91 Å². The van der Waals surface area contributed by atoms with Crippen molar-refractivity contribution in [2.75, 3.05) is 50.5 Å². The number of alkyl halides is 3. The molecule has 2 unspecified atom stereocenters. The first kappa shape index (κ1) is 29.7. The summed E-state index contributed by atoms with van der Waals surface area (Å²) in [5.74, 6) is 0.194. The monoisotopic (exact) mass is 599 g/mol. The van der Waals surface area contributed by atoms with Gasteiger partial charge in [-0.1, -0.05) is 6.58 Å². The maximum absolute atomic E-state index is 14.2. The number of halogens is 3. The Morgan fingerprint density at radius 3 is 2.65 bits per heavy atom. The number of ether oxygens (including phenoxy) is 1. The minimum absolute atomic E-state index is 0.00448. The van der Waals surface area contributed by atoms with Crippen molar-refractivity contribution in [2.45, 2.75) is 82.0 Å². The maximum atomic E-state index is 14.2. The molecule has 43 heavy (non-hydrogen) atoms. The standard InChI is InChI=1S/C31H40F3N7O2/c1-4-25(42)40-14-9-21(17-40)39(3)28-22-8-7-20(27-26(31(32,33)34)19(2)15-24(35)37-27)16-23(22)36-29(38-28)43-18-30-10-5-12-41(30)13-6-11-30/h4,15,20-21H,1,5-14,16-18H2,2-3H3,(H2,35,37). The molecule has 3 saturated heterocycles. The van der Waals surface area contributed by atoms with Crippen molar-refractivity contribution < 1.29 is 22.7 Å². The smallest absolute Gasteiger partial charge is 0.418 e. The van der Waals surface area contributed by atoms with Gasteiger partial charge in [0.25, 0.3) is 0 Å². The van der Waals surface area contributed by atoms with Crippen molar-refractivity contribution in [3.63, 3.8) is 0 Å². The van der Waals surface area contributed by atoms with E-state index in [0.29, 0.717) is 38.2 Å². The normalized spacial score (nSPS) is 23.2. The van der Waals surface area contributed by atoms with Gasteiger partial charge in [-0.05, 0) is 89.1 Å². The van der Waals surface area contributed by atoms with E-state index in [1.165, 1.54) is 19.1 Å². The van der Waals surface area contributed by atoms with E-state index in [-0.39, 0.29) is 47.0 Å². The fourth-order valence-electron chi connectivity index (χ4n) is 7.77. The largest absolute Gasteiger partial charge is 0.461 e. The highest BCUT2D eigenvalue weighted by Gasteiger charge is 2.45. The minimum Gasteiger partial charge on any atom is -0.461 e. The summed E-state index contributed by atoms with van der Waals surface area (Å²) in [5, 5.41) is 0. The molecule has 5 heterocycles. The molecule has 2 N–H and O–H groups in total. The number of carbonyl (C=O) groups is 1. The molecule has 12 heteroatoms. The van der Waals surface area contributed by atoms with E-state index in [2.05, 4.69) is 21.4 Å². The highest BCUT2D eigenvalue weighted by molar-refractivity contribution is 5.87. The lowest BCUT2D eigenvalue weighted by atomic mass is 9.82. The number of carbonyl (C=O) groups excluding carboxylic acids is 1. The van der Waals surface area contributed by atoms with Crippen LogP contribution in [-0.2, 0) is 23.8 Å². The fourth-order valence-corrected chi connectivity index (χ4v) is 7.77. The molecule has 0 bridgehead atoms. The highest BCUT2D eigenvalue weighted by atomic mass is 19.4. The molecule has 0 saturated carbocycles. The Hall–Kier alpha value is -3.41. The molecule has 2 atom stereocenters. The molecular weight excluding hydrogens is 559 g/mol. The van der Waals surface area contributed by atoms with E-state index in [1.54, 1.807) is 4.90 Å². The molecule has 2 aromatic heterocycles. The van der Waals surface area contributed by atoms with E-state index in [1.807, 2.05) is 7.05 Å². The third-order valence-corrected chi connectivity index (χ3v) is 9.98. The van der Waals surface area contributed by atoms with Crippen molar-refractivity contribution in [1.29, 1.82) is 0 Å². The van der Waals surface area contributed by atoms with Gasteiger partial charge in [0.05, 0.1) is 22.5 Å². The third-order valence-electron chi connectivity index (χ3n) is 9.98. The molecule has 6 rings (SSSR count). The highest BCUT2D eigenvalue weighted by Crippen LogP contribution is 2.43. The lowest BCUT2D eigenvalue weighted by Crippen LogP contribution is -2.43. The van der Waals surface area contributed by atoms with E-state index in [0.717, 1.165) is 56.6 Å². The molecule has 0 aromatic carbocycles. The first-order chi connectivity index (χ1) is 20.5. The van der Waals surface area contributed by atoms with Crippen LogP contribution in [0.2, 0.25) is 0 Å². The zero-order chi connectivity index (χ0) is 30.5. The maximum Gasteiger partial charge on any atom is 0.418 e. The van der Waals surface area contributed by atoms with Gasteiger partial charge in [0.15, 0.2) is 0 Å². The number of aryl methyl sites for hydroxylation is 1. The first-order valence-electron chi connectivity index (χ1n) is 15.2. The second-order valence-corrected chi connectivity index (χ2v) is 12.6. The lowest BCUT2D eigenvalue weighted by molar-refractivity contribution is -0.139. The summed E-state index contributed by atoms with van der Waals surface area (Å²) in [6, 6.07) is 1.56. The average molecular weight is 600 g/mol. The summed E-state index contributed by atoms with van der Waals surface area (Å²) in [6.45, 7) is 8.83. The summed E-state index contributed by atoms with van der Waals surface area (Å²) >= 11 is 0. The number of aromatic nitrogens is 3. The van der Waals surface area contributed by atoms with Crippen LogP contribution in [-0.4, -0.2) is 82.1 Å². The topological polar surface area (TPSA) is 101 Å². The molecule has 1 aliphatic carbocycles. The number of pyridine rings is 1. The second kappa shape index (κ2) is 11.3. The first-order valence-corrected chi connectivity index (χ1v) is 15.2. The van der Waals surface area contributed by atoms with Gasteiger partial charge in [0.1, 0.15) is 18.2 Å². The van der Waals surface area contributed by atoms with Gasteiger partial charge in [0, 0.05) is 37.7 Å². The summed E-state index contributed by atoms with van der Waals surface area (Å²) < 4.78 is 49.0. The van der Waals surface area contributed by atoms with Crippen LogP contribution < -0.4 is 15.4 Å². The van der Waals surface area contributed by atoms with Crippen LogP contribution in [0.5, 0.6) is 6.01 Å². The van der Waals surface area contributed by atoms with Crippen molar-refractivity contribution in [3.05, 3.63) is 46.8 Å². The zero-order valence-electron chi connectivity index (χ0n) is 24.9. The number of hydrogen-bond donors (Lipinski definition) is 1. The van der Waals surface area contributed by atoms with Crippen LogP contribution in [0.4, 0.5) is 24.8 Å². The number of nitrogen functional groups attached to an aromatic ring is 1. The van der Waals surface area contributed by atoms with Crippen LogP contribution in [0.25, 0.3) is 0 Å². The molecule has 2 aromatic rings. The number of likely N-dealkylation sites (N-methyl/N-ethyl adjacent to an activating group) is 1. The number of amides is 1. The van der Waals surface area contributed by atoms with Crippen LogP contribution in [0.1, 0.15) is 72.5 Å². The Balaban J connectivity index is 1.34.